The molecule has 1 aliphatic rings. The monoisotopic (exact) mass is 177 g/mol. The third-order valence-corrected chi connectivity index (χ3v) is 2.15. The largest absolute Gasteiger partial charge is 0.384 e. The second kappa shape index (κ2) is 3.18. The summed E-state index contributed by atoms with van der Waals surface area (Å²) in [4.78, 5) is 5.10. The van der Waals surface area contributed by atoms with Crippen LogP contribution in [0.5, 0.6) is 0 Å². The Morgan fingerprint density at radius 1 is 1.31 bits per heavy atom. The van der Waals surface area contributed by atoms with E-state index >= 15 is 0 Å². The minimum absolute atomic E-state index is 0.332. The third-order valence-electron chi connectivity index (χ3n) is 2.15. The molecular formula is C10H11NO2. The van der Waals surface area contributed by atoms with Crippen molar-refractivity contribution in [2.24, 2.45) is 5.16 Å². The molecule has 1 aliphatic heterocycles. The van der Waals surface area contributed by atoms with Crippen LogP contribution in [0, 0.1) is 0 Å². The van der Waals surface area contributed by atoms with Crippen LogP contribution >= 0.6 is 0 Å². The molecule has 0 amide bonds. The number of hydrogen-bond donors (Lipinski definition) is 1. The van der Waals surface area contributed by atoms with Crippen molar-refractivity contribution in [1.82, 2.24) is 0 Å². The highest BCUT2D eigenvalue weighted by Gasteiger charge is 2.30. The molecule has 0 saturated heterocycles. The van der Waals surface area contributed by atoms with E-state index in [2.05, 4.69) is 5.16 Å². The first-order valence-electron chi connectivity index (χ1n) is 4.22. The molecule has 3 nitrogen and oxygen atoms in total. The zero-order valence-corrected chi connectivity index (χ0v) is 7.34. The van der Waals surface area contributed by atoms with Crippen LogP contribution < -0.4 is 0 Å². The van der Waals surface area contributed by atoms with E-state index in [1.165, 1.54) is 0 Å². The lowest BCUT2D eigenvalue weighted by atomic mass is 10.0. The predicted octanol–water partition coefficient (Wildman–Crippen LogP) is 1.49. The molecule has 0 aromatic heterocycles. The summed E-state index contributed by atoms with van der Waals surface area (Å²) in [7, 11) is 0. The molecule has 1 aromatic rings. The zero-order valence-electron chi connectivity index (χ0n) is 7.34. The van der Waals surface area contributed by atoms with Crippen LogP contribution in [0.4, 0.5) is 0 Å². The first-order chi connectivity index (χ1) is 6.29. The Morgan fingerprint density at radius 3 is 2.54 bits per heavy atom. The van der Waals surface area contributed by atoms with Crippen LogP contribution in [0.3, 0.4) is 0 Å². The average Bonchev–Trinajstić information content (AvgIpc) is 2.49. The number of aliphatic hydroxyl groups excluding tert-OH is 1. The Hall–Kier alpha value is -1.35. The van der Waals surface area contributed by atoms with Crippen molar-refractivity contribution in [3.05, 3.63) is 35.9 Å². The SMILES string of the molecule is CC1=NO[C@@H](c2ccccc2)[C@@H]1O. The van der Waals surface area contributed by atoms with Gasteiger partial charge in [0, 0.05) is 0 Å². The van der Waals surface area contributed by atoms with E-state index in [0.717, 1.165) is 5.56 Å². The maximum Gasteiger partial charge on any atom is 0.183 e. The Balaban J connectivity index is 2.22. The molecule has 0 bridgehead atoms. The van der Waals surface area contributed by atoms with Crippen molar-refractivity contribution in [2.45, 2.75) is 19.1 Å². The second-order valence-corrected chi connectivity index (χ2v) is 3.11. The Bertz CT molecular complexity index is 321. The van der Waals surface area contributed by atoms with Crippen LogP contribution in [-0.2, 0) is 4.84 Å². The van der Waals surface area contributed by atoms with E-state index in [4.69, 9.17) is 4.84 Å². The van der Waals surface area contributed by atoms with Crippen molar-refractivity contribution in [3.63, 3.8) is 0 Å². The second-order valence-electron chi connectivity index (χ2n) is 3.11. The van der Waals surface area contributed by atoms with Gasteiger partial charge in [0.15, 0.2) is 6.10 Å². The molecule has 3 heteroatoms. The standard InChI is InChI=1S/C10H11NO2/c1-7-9(12)10(13-11-7)8-5-3-2-4-6-8/h2-6,9-10,12H,1H3/t9-,10+/m1/s1. The van der Waals surface area contributed by atoms with Crippen molar-refractivity contribution in [3.8, 4) is 0 Å². The maximum atomic E-state index is 9.66. The number of hydrogen-bond acceptors (Lipinski definition) is 3. The van der Waals surface area contributed by atoms with Crippen molar-refractivity contribution >= 4 is 5.71 Å². The first-order valence-corrected chi connectivity index (χ1v) is 4.22. The third kappa shape index (κ3) is 1.42. The molecule has 0 unspecified atom stereocenters. The van der Waals surface area contributed by atoms with Gasteiger partial charge in [0.05, 0.1) is 5.71 Å². The highest BCUT2D eigenvalue weighted by molar-refractivity contribution is 5.87. The van der Waals surface area contributed by atoms with Gasteiger partial charge in [0.2, 0.25) is 0 Å². The van der Waals surface area contributed by atoms with Crippen molar-refractivity contribution < 1.29 is 9.94 Å². The molecule has 0 fully saturated rings. The Kier molecular flexibility index (Phi) is 2.02. The van der Waals surface area contributed by atoms with Crippen LogP contribution in [0.1, 0.15) is 18.6 Å². The normalized spacial score (nSPS) is 26.8. The molecule has 0 spiro atoms. The Morgan fingerprint density at radius 2 is 2.00 bits per heavy atom. The molecule has 0 radical (unpaired) electrons. The van der Waals surface area contributed by atoms with E-state index in [-0.39, 0.29) is 6.10 Å². The predicted molar refractivity (Wildman–Crippen MR) is 49.4 cm³/mol. The van der Waals surface area contributed by atoms with Gasteiger partial charge in [-0.2, -0.15) is 0 Å². The van der Waals surface area contributed by atoms with E-state index < -0.39 is 6.10 Å². The summed E-state index contributed by atoms with van der Waals surface area (Å²) >= 11 is 0. The number of benzene rings is 1. The molecule has 1 N–H and O–H groups in total. The molecule has 1 aromatic carbocycles. The van der Waals surface area contributed by atoms with Gasteiger partial charge in [-0.15, -0.1) is 0 Å². The lowest BCUT2D eigenvalue weighted by Gasteiger charge is -2.12. The zero-order chi connectivity index (χ0) is 9.26. The smallest absolute Gasteiger partial charge is 0.183 e. The van der Waals surface area contributed by atoms with Gasteiger partial charge < -0.3 is 9.94 Å². The highest BCUT2D eigenvalue weighted by atomic mass is 16.7. The topological polar surface area (TPSA) is 41.8 Å². The van der Waals surface area contributed by atoms with Gasteiger partial charge in [-0.3, -0.25) is 0 Å². The Labute approximate surface area is 76.6 Å². The van der Waals surface area contributed by atoms with Crippen LogP contribution in [-0.4, -0.2) is 16.9 Å². The van der Waals surface area contributed by atoms with E-state index in [1.54, 1.807) is 6.92 Å². The number of nitrogens with zero attached hydrogens (tertiary/aromatic N) is 1. The van der Waals surface area contributed by atoms with Crippen molar-refractivity contribution in [1.29, 1.82) is 0 Å². The minimum Gasteiger partial charge on any atom is -0.384 e. The van der Waals surface area contributed by atoms with E-state index in [1.807, 2.05) is 30.3 Å². The number of rotatable bonds is 1. The van der Waals surface area contributed by atoms with Gasteiger partial charge in [-0.1, -0.05) is 35.5 Å². The minimum atomic E-state index is -0.609. The van der Waals surface area contributed by atoms with Gasteiger partial charge in [-0.05, 0) is 12.5 Å². The van der Waals surface area contributed by atoms with Gasteiger partial charge >= 0.3 is 0 Å². The summed E-state index contributed by atoms with van der Waals surface area (Å²) in [5, 5.41) is 13.4. The van der Waals surface area contributed by atoms with Crippen LogP contribution in [0.15, 0.2) is 35.5 Å². The highest BCUT2D eigenvalue weighted by Crippen LogP contribution is 2.26. The molecule has 0 aliphatic carbocycles. The summed E-state index contributed by atoms with van der Waals surface area (Å²) in [6, 6.07) is 9.60. The maximum absolute atomic E-state index is 9.66. The summed E-state index contributed by atoms with van der Waals surface area (Å²) in [6.07, 6.45) is -0.941. The van der Waals surface area contributed by atoms with Gasteiger partial charge in [-0.25, -0.2) is 0 Å². The molecule has 68 valence electrons. The molecular weight excluding hydrogens is 166 g/mol. The van der Waals surface area contributed by atoms with Gasteiger partial charge in [0.25, 0.3) is 0 Å². The average molecular weight is 177 g/mol. The molecule has 2 rings (SSSR count). The van der Waals surface area contributed by atoms with E-state index in [0.29, 0.717) is 5.71 Å². The van der Waals surface area contributed by atoms with Crippen molar-refractivity contribution in [2.75, 3.05) is 0 Å². The summed E-state index contributed by atoms with van der Waals surface area (Å²) in [6.45, 7) is 1.76. The molecule has 2 atom stereocenters. The van der Waals surface area contributed by atoms with E-state index in [9.17, 15) is 5.11 Å². The van der Waals surface area contributed by atoms with Crippen LogP contribution in [0.2, 0.25) is 0 Å². The molecule has 1 heterocycles. The first kappa shape index (κ1) is 8.26. The fourth-order valence-corrected chi connectivity index (χ4v) is 1.36. The molecule has 13 heavy (non-hydrogen) atoms. The summed E-state index contributed by atoms with van der Waals surface area (Å²) in [5.41, 5.74) is 1.59. The quantitative estimate of drug-likeness (QED) is 0.706. The number of oxime groups is 1. The fraction of sp³-hybridized carbons (Fsp3) is 0.300. The lowest BCUT2D eigenvalue weighted by Crippen LogP contribution is -2.20. The molecule has 0 saturated carbocycles. The number of aliphatic hydroxyl groups is 1. The van der Waals surface area contributed by atoms with Crippen LogP contribution in [0.25, 0.3) is 0 Å². The lowest BCUT2D eigenvalue weighted by molar-refractivity contribution is 0.0205. The summed E-state index contributed by atoms with van der Waals surface area (Å²) in [5.74, 6) is 0. The summed E-state index contributed by atoms with van der Waals surface area (Å²) < 4.78 is 0. The van der Waals surface area contributed by atoms with Gasteiger partial charge in [0.1, 0.15) is 6.10 Å². The fourth-order valence-electron chi connectivity index (χ4n) is 1.36.